The van der Waals surface area contributed by atoms with Gasteiger partial charge in [-0.2, -0.15) is 0 Å². The van der Waals surface area contributed by atoms with Gasteiger partial charge < -0.3 is 40.7 Å². The lowest BCUT2D eigenvalue weighted by Crippen LogP contribution is -2.43. The van der Waals surface area contributed by atoms with Gasteiger partial charge in [-0.25, -0.2) is 0 Å². The fourth-order valence-corrected chi connectivity index (χ4v) is 6.47. The molecule has 0 aromatic heterocycles. The van der Waals surface area contributed by atoms with E-state index in [2.05, 4.69) is 5.32 Å². The first kappa shape index (κ1) is 25.6. The topological polar surface area (TPSA) is 172 Å². The number of primary amides is 1. The second-order valence-electron chi connectivity index (χ2n) is 10.8. The Morgan fingerprint density at radius 3 is 2.58 bits per heavy atom. The summed E-state index contributed by atoms with van der Waals surface area (Å²) in [6.07, 6.45) is 0.682. The van der Waals surface area contributed by atoms with Gasteiger partial charge in [-0.1, -0.05) is 6.07 Å². The number of fused-ring (bicyclic) bond motifs is 4. The molecule has 0 fully saturated rings. The van der Waals surface area contributed by atoms with Crippen LogP contribution in [0, 0.1) is 17.8 Å². The number of Topliss-reactive ketones (excluding diaryl/α,β-unsaturated/α-hetero) is 2. The zero-order valence-corrected chi connectivity index (χ0v) is 22.0. The van der Waals surface area contributed by atoms with Crippen molar-refractivity contribution in [2.75, 3.05) is 31.1 Å². The number of allylic oxidation sites excluding steroid dienone is 3. The van der Waals surface area contributed by atoms with E-state index in [1.165, 1.54) is 0 Å². The molecule has 0 saturated heterocycles. The van der Waals surface area contributed by atoms with Crippen LogP contribution in [0.3, 0.4) is 0 Å². The molecule has 2 aromatic carbocycles. The van der Waals surface area contributed by atoms with Gasteiger partial charge >= 0.3 is 0 Å². The Kier molecular flexibility index (Phi) is 5.90. The number of nitrogens with two attached hydrogens (primary N) is 1. The number of phenols is 1. The smallest absolute Gasteiger partial charge is 0.255 e. The first-order valence-corrected chi connectivity index (χ1v) is 13.0. The van der Waals surface area contributed by atoms with E-state index in [1.54, 1.807) is 12.1 Å². The molecule has 2 unspecified atom stereocenters. The summed E-state index contributed by atoms with van der Waals surface area (Å²) in [4.78, 5) is 40.7. The first-order chi connectivity index (χ1) is 19.1. The monoisotopic (exact) mass is 547 g/mol. The van der Waals surface area contributed by atoms with E-state index in [-0.39, 0.29) is 35.9 Å². The molecule has 6 rings (SSSR count). The maximum atomic E-state index is 14.0. The van der Waals surface area contributed by atoms with Gasteiger partial charge in [-0.3, -0.25) is 14.4 Å². The SMILES string of the molecule is CN(C)c1cc(NCc2ccc3c(c2)OCO3)c(O)c2c1C[C@H]1CC3CC(O)=C(C(N)=O)C(=O)C3C(O)=C1C2=O. The average molecular weight is 548 g/mol. The highest BCUT2D eigenvalue weighted by Gasteiger charge is 2.50. The number of anilines is 2. The van der Waals surface area contributed by atoms with Crippen LogP contribution in [-0.4, -0.2) is 53.7 Å². The maximum Gasteiger partial charge on any atom is 0.255 e. The zero-order chi connectivity index (χ0) is 28.5. The lowest BCUT2D eigenvalue weighted by Gasteiger charge is -2.41. The Hall–Kier alpha value is -4.67. The fourth-order valence-electron chi connectivity index (χ4n) is 6.47. The summed E-state index contributed by atoms with van der Waals surface area (Å²) in [5, 5.41) is 36.1. The van der Waals surface area contributed by atoms with Crippen molar-refractivity contribution >= 4 is 28.8 Å². The molecule has 11 heteroatoms. The molecule has 1 amide bonds. The number of ether oxygens (including phenoxy) is 2. The first-order valence-electron chi connectivity index (χ1n) is 13.0. The van der Waals surface area contributed by atoms with Gasteiger partial charge in [0.05, 0.1) is 17.2 Å². The molecule has 0 radical (unpaired) electrons. The molecule has 3 aliphatic carbocycles. The molecule has 6 N–H and O–H groups in total. The third-order valence-corrected chi connectivity index (χ3v) is 8.26. The summed E-state index contributed by atoms with van der Waals surface area (Å²) in [6, 6.07) is 7.29. The van der Waals surface area contributed by atoms with E-state index < -0.39 is 46.6 Å². The predicted molar refractivity (Wildman–Crippen MR) is 144 cm³/mol. The maximum absolute atomic E-state index is 14.0. The molecular weight excluding hydrogens is 518 g/mol. The number of hydrogen-bond donors (Lipinski definition) is 5. The number of hydrogen-bond acceptors (Lipinski definition) is 10. The summed E-state index contributed by atoms with van der Waals surface area (Å²) in [7, 11) is 3.68. The third-order valence-electron chi connectivity index (χ3n) is 8.26. The highest BCUT2D eigenvalue weighted by molar-refractivity contribution is 6.22. The molecule has 3 atom stereocenters. The highest BCUT2D eigenvalue weighted by Crippen LogP contribution is 2.51. The molecule has 2 aromatic rings. The Morgan fingerprint density at radius 1 is 1.10 bits per heavy atom. The Bertz CT molecular complexity index is 1560. The van der Waals surface area contributed by atoms with Crippen molar-refractivity contribution in [1.82, 2.24) is 0 Å². The number of rotatable bonds is 5. The molecule has 11 nitrogen and oxygen atoms in total. The number of amides is 1. The third kappa shape index (κ3) is 3.83. The molecule has 4 aliphatic rings. The van der Waals surface area contributed by atoms with Crippen molar-refractivity contribution in [3.8, 4) is 17.2 Å². The molecule has 208 valence electrons. The van der Waals surface area contributed by atoms with E-state index in [4.69, 9.17) is 15.2 Å². The van der Waals surface area contributed by atoms with Gasteiger partial charge in [-0.15, -0.1) is 0 Å². The predicted octanol–water partition coefficient (Wildman–Crippen LogP) is 2.87. The highest BCUT2D eigenvalue weighted by atomic mass is 16.7. The Balaban J connectivity index is 1.38. The average Bonchev–Trinajstić information content (AvgIpc) is 3.35. The van der Waals surface area contributed by atoms with Gasteiger partial charge in [0.25, 0.3) is 5.91 Å². The standard InChI is InChI=1S/C29H29N3O8/c1-32(2)17-9-16(31-10-12-3-4-19-20(5-12)40-11-39-19)25(34)23-15(17)7-13-6-14-8-18(33)24(29(30)38)28(37)22(14)26(35)21(13)27(23)36/h3-5,9,13-14,22,31,33-35H,6-8,10-11H2,1-2H3,(H2,30,38)/t13-,14?,22?/m1/s1. The summed E-state index contributed by atoms with van der Waals surface area (Å²) in [5.74, 6) is -4.28. The number of nitrogens with zero attached hydrogens (tertiary/aromatic N) is 1. The van der Waals surface area contributed by atoms with E-state index in [1.807, 2.05) is 31.1 Å². The fraction of sp³-hybridized carbons (Fsp3) is 0.345. The summed E-state index contributed by atoms with van der Waals surface area (Å²) < 4.78 is 10.8. The van der Waals surface area contributed by atoms with Crippen molar-refractivity contribution in [3.63, 3.8) is 0 Å². The Labute approximate surface area is 229 Å². The second kappa shape index (κ2) is 9.22. The van der Waals surface area contributed by atoms with E-state index in [0.29, 0.717) is 42.1 Å². The zero-order valence-electron chi connectivity index (χ0n) is 22.0. The molecular formula is C29H29N3O8. The van der Waals surface area contributed by atoms with Crippen molar-refractivity contribution in [2.24, 2.45) is 23.5 Å². The van der Waals surface area contributed by atoms with Crippen molar-refractivity contribution in [3.05, 3.63) is 63.6 Å². The van der Waals surface area contributed by atoms with Gasteiger partial charge in [0.15, 0.2) is 23.1 Å². The lowest BCUT2D eigenvalue weighted by molar-refractivity contribution is -0.126. The van der Waals surface area contributed by atoms with Crippen LogP contribution in [0.25, 0.3) is 0 Å². The number of aliphatic hydroxyl groups is 2. The van der Waals surface area contributed by atoms with E-state index >= 15 is 0 Å². The minimum atomic E-state index is -1.15. The normalized spacial score (nSPS) is 23.0. The largest absolute Gasteiger partial charge is 0.511 e. The van der Waals surface area contributed by atoms with Crippen LogP contribution in [-0.2, 0) is 22.6 Å². The quantitative estimate of drug-likeness (QED) is 0.277. The molecule has 1 aliphatic heterocycles. The van der Waals surface area contributed by atoms with Crippen molar-refractivity contribution < 1.29 is 39.2 Å². The minimum absolute atomic E-state index is 0.00191. The molecule has 0 spiro atoms. The Morgan fingerprint density at radius 2 is 1.85 bits per heavy atom. The number of aliphatic hydroxyl groups excluding tert-OH is 2. The van der Waals surface area contributed by atoms with Crippen LogP contribution in [0.5, 0.6) is 17.2 Å². The molecule has 1 heterocycles. The van der Waals surface area contributed by atoms with Crippen LogP contribution in [0.4, 0.5) is 11.4 Å². The number of benzene rings is 2. The van der Waals surface area contributed by atoms with Gasteiger partial charge in [-0.05, 0) is 54.0 Å². The van der Waals surface area contributed by atoms with E-state index in [0.717, 1.165) is 11.3 Å². The van der Waals surface area contributed by atoms with Crippen LogP contribution in [0.15, 0.2) is 46.9 Å². The van der Waals surface area contributed by atoms with Crippen molar-refractivity contribution in [1.29, 1.82) is 0 Å². The minimum Gasteiger partial charge on any atom is -0.511 e. The summed E-state index contributed by atoms with van der Waals surface area (Å²) >= 11 is 0. The number of phenolic OH excluding ortho intramolecular Hbond substituents is 1. The van der Waals surface area contributed by atoms with Crippen LogP contribution >= 0.6 is 0 Å². The van der Waals surface area contributed by atoms with E-state index in [9.17, 15) is 29.7 Å². The van der Waals surface area contributed by atoms with Crippen LogP contribution in [0.1, 0.15) is 34.3 Å². The summed E-state index contributed by atoms with van der Waals surface area (Å²) in [5.41, 5.74) is 7.47. The number of carbonyl (C=O) groups excluding carboxylic acids is 3. The van der Waals surface area contributed by atoms with Gasteiger partial charge in [0, 0.05) is 38.3 Å². The lowest BCUT2D eigenvalue weighted by atomic mass is 9.62. The molecule has 40 heavy (non-hydrogen) atoms. The summed E-state index contributed by atoms with van der Waals surface area (Å²) in [6.45, 7) is 0.481. The molecule has 0 saturated carbocycles. The van der Waals surface area contributed by atoms with Crippen LogP contribution < -0.4 is 25.4 Å². The number of nitrogens with one attached hydrogen (secondary N) is 1. The second-order valence-corrected chi connectivity index (χ2v) is 10.8. The van der Waals surface area contributed by atoms with Crippen molar-refractivity contribution in [2.45, 2.75) is 25.8 Å². The molecule has 0 bridgehead atoms. The van der Waals surface area contributed by atoms with Gasteiger partial charge in [0.1, 0.15) is 22.8 Å². The van der Waals surface area contributed by atoms with Gasteiger partial charge in [0.2, 0.25) is 6.79 Å². The number of ketones is 2. The number of carbonyl (C=O) groups is 3. The number of aromatic hydroxyl groups is 1. The van der Waals surface area contributed by atoms with Crippen LogP contribution in [0.2, 0.25) is 0 Å².